The molecule has 0 aliphatic heterocycles. The van der Waals surface area contributed by atoms with Crippen molar-refractivity contribution < 1.29 is 14.6 Å². The smallest absolute Gasteiger partial charge is 0.305 e. The lowest BCUT2D eigenvalue weighted by Gasteiger charge is -2.22. The molecule has 0 heterocycles. The predicted molar refractivity (Wildman–Crippen MR) is 71.7 cm³/mol. The van der Waals surface area contributed by atoms with E-state index >= 15 is 0 Å². The molecule has 1 aromatic carbocycles. The van der Waals surface area contributed by atoms with Gasteiger partial charge in [0.25, 0.3) is 0 Å². The second-order valence-corrected chi connectivity index (χ2v) is 5.03. The number of esters is 1. The first kappa shape index (κ1) is 14.6. The van der Waals surface area contributed by atoms with Crippen LogP contribution in [0.25, 0.3) is 0 Å². The van der Waals surface area contributed by atoms with Crippen molar-refractivity contribution in [2.24, 2.45) is 5.92 Å². The van der Waals surface area contributed by atoms with Gasteiger partial charge in [0, 0.05) is 6.42 Å². The number of ether oxygens (including phenoxy) is 1. The Hall–Kier alpha value is -1.51. The Morgan fingerprint density at radius 2 is 2.06 bits per heavy atom. The van der Waals surface area contributed by atoms with E-state index in [0.29, 0.717) is 24.5 Å². The number of hydrogen-bond donors (Lipinski definition) is 1. The van der Waals surface area contributed by atoms with Crippen LogP contribution in [0.2, 0.25) is 0 Å². The summed E-state index contributed by atoms with van der Waals surface area (Å²) < 4.78 is 4.67. The van der Waals surface area contributed by atoms with Gasteiger partial charge < -0.3 is 9.84 Å². The van der Waals surface area contributed by atoms with Crippen LogP contribution in [0.3, 0.4) is 0 Å². The van der Waals surface area contributed by atoms with Crippen molar-refractivity contribution in [2.45, 2.75) is 39.5 Å². The van der Waals surface area contributed by atoms with Crippen LogP contribution < -0.4 is 0 Å². The number of hydrogen-bond acceptors (Lipinski definition) is 3. The summed E-state index contributed by atoms with van der Waals surface area (Å²) in [6.07, 6.45) is 1.08. The first-order valence-corrected chi connectivity index (χ1v) is 6.32. The van der Waals surface area contributed by atoms with Crippen molar-refractivity contribution in [3.63, 3.8) is 0 Å². The summed E-state index contributed by atoms with van der Waals surface area (Å²) in [5, 5.41) is 9.96. The van der Waals surface area contributed by atoms with Crippen LogP contribution in [0.1, 0.15) is 43.7 Å². The summed E-state index contributed by atoms with van der Waals surface area (Å²) in [5.41, 5.74) is 2.04. The molecule has 0 bridgehead atoms. The summed E-state index contributed by atoms with van der Waals surface area (Å²) in [5.74, 6) is 0.642. The van der Waals surface area contributed by atoms with Gasteiger partial charge in [0.05, 0.1) is 7.11 Å². The largest absolute Gasteiger partial charge is 0.508 e. The van der Waals surface area contributed by atoms with E-state index in [-0.39, 0.29) is 11.9 Å². The first-order chi connectivity index (χ1) is 8.45. The quantitative estimate of drug-likeness (QED) is 0.815. The summed E-state index contributed by atoms with van der Waals surface area (Å²) in [6, 6.07) is 5.60. The van der Waals surface area contributed by atoms with Gasteiger partial charge in [-0.3, -0.25) is 4.79 Å². The molecule has 1 unspecified atom stereocenters. The summed E-state index contributed by atoms with van der Waals surface area (Å²) in [6.45, 7) is 6.20. The minimum atomic E-state index is -0.201. The van der Waals surface area contributed by atoms with Gasteiger partial charge in [-0.2, -0.15) is 0 Å². The highest BCUT2D eigenvalue weighted by molar-refractivity contribution is 5.69. The van der Waals surface area contributed by atoms with Crippen molar-refractivity contribution in [1.29, 1.82) is 0 Å². The van der Waals surface area contributed by atoms with Crippen LogP contribution in [0.15, 0.2) is 18.2 Å². The van der Waals surface area contributed by atoms with Crippen LogP contribution >= 0.6 is 0 Å². The Balaban J connectivity index is 2.90. The fourth-order valence-corrected chi connectivity index (χ4v) is 2.19. The Morgan fingerprint density at radius 1 is 1.39 bits per heavy atom. The summed E-state index contributed by atoms with van der Waals surface area (Å²) in [7, 11) is 1.40. The second-order valence-electron chi connectivity index (χ2n) is 5.03. The predicted octanol–water partition coefficient (Wildman–Crippen LogP) is 3.39. The van der Waals surface area contributed by atoms with Gasteiger partial charge in [0.1, 0.15) is 5.75 Å². The van der Waals surface area contributed by atoms with E-state index < -0.39 is 0 Å². The SMILES string of the molecule is COC(=O)CCC(c1cc(C)ccc1O)C(C)C. The third-order valence-electron chi connectivity index (χ3n) is 3.27. The third-order valence-corrected chi connectivity index (χ3v) is 3.27. The highest BCUT2D eigenvalue weighted by Gasteiger charge is 2.20. The van der Waals surface area contributed by atoms with Crippen molar-refractivity contribution in [3.8, 4) is 5.75 Å². The molecule has 0 aromatic heterocycles. The van der Waals surface area contributed by atoms with Crippen molar-refractivity contribution >= 4 is 5.97 Å². The number of phenols is 1. The zero-order valence-corrected chi connectivity index (χ0v) is 11.6. The third kappa shape index (κ3) is 3.76. The monoisotopic (exact) mass is 250 g/mol. The molecule has 0 aliphatic carbocycles. The van der Waals surface area contributed by atoms with Crippen molar-refractivity contribution in [2.75, 3.05) is 7.11 Å². The molecular formula is C15H22O3. The maximum Gasteiger partial charge on any atom is 0.305 e. The zero-order valence-electron chi connectivity index (χ0n) is 11.6. The number of phenolic OH excluding ortho intramolecular Hbond substituents is 1. The number of aryl methyl sites for hydroxylation is 1. The highest BCUT2D eigenvalue weighted by atomic mass is 16.5. The normalized spacial score (nSPS) is 12.5. The molecule has 0 saturated carbocycles. The van der Waals surface area contributed by atoms with Crippen LogP contribution in [-0.2, 0) is 9.53 Å². The van der Waals surface area contributed by atoms with Crippen LogP contribution in [0.4, 0.5) is 0 Å². The molecule has 1 aromatic rings. The fraction of sp³-hybridized carbons (Fsp3) is 0.533. The topological polar surface area (TPSA) is 46.5 Å². The Kier molecular flexibility index (Phi) is 5.20. The molecule has 100 valence electrons. The van der Waals surface area contributed by atoms with E-state index in [4.69, 9.17) is 0 Å². The number of aromatic hydroxyl groups is 1. The maximum atomic E-state index is 11.2. The first-order valence-electron chi connectivity index (χ1n) is 6.32. The number of carbonyl (C=O) groups excluding carboxylic acids is 1. The second kappa shape index (κ2) is 6.43. The van der Waals surface area contributed by atoms with E-state index in [1.807, 2.05) is 19.1 Å². The van der Waals surface area contributed by atoms with Crippen LogP contribution in [0, 0.1) is 12.8 Å². The van der Waals surface area contributed by atoms with E-state index in [0.717, 1.165) is 11.1 Å². The Labute approximate surface area is 109 Å². The molecule has 0 aliphatic rings. The zero-order chi connectivity index (χ0) is 13.7. The van der Waals surface area contributed by atoms with Crippen LogP contribution in [-0.4, -0.2) is 18.2 Å². The number of carbonyl (C=O) groups is 1. The molecule has 0 amide bonds. The van der Waals surface area contributed by atoms with Crippen molar-refractivity contribution in [1.82, 2.24) is 0 Å². The van der Waals surface area contributed by atoms with Gasteiger partial charge in [-0.05, 0) is 36.8 Å². The lowest BCUT2D eigenvalue weighted by molar-refractivity contribution is -0.140. The van der Waals surface area contributed by atoms with E-state index in [9.17, 15) is 9.90 Å². The van der Waals surface area contributed by atoms with E-state index in [1.54, 1.807) is 6.07 Å². The van der Waals surface area contributed by atoms with Crippen LogP contribution in [0.5, 0.6) is 5.75 Å². The van der Waals surface area contributed by atoms with Gasteiger partial charge in [-0.25, -0.2) is 0 Å². The maximum absolute atomic E-state index is 11.2. The highest BCUT2D eigenvalue weighted by Crippen LogP contribution is 2.35. The van der Waals surface area contributed by atoms with E-state index in [2.05, 4.69) is 18.6 Å². The average molecular weight is 250 g/mol. The van der Waals surface area contributed by atoms with Gasteiger partial charge in [0.2, 0.25) is 0 Å². The Bertz CT molecular complexity index is 410. The molecule has 1 N–H and O–H groups in total. The Morgan fingerprint density at radius 3 is 2.61 bits per heavy atom. The summed E-state index contributed by atoms with van der Waals surface area (Å²) >= 11 is 0. The number of rotatable bonds is 5. The standard InChI is InChI=1S/C15H22O3/c1-10(2)12(6-8-15(17)18-4)13-9-11(3)5-7-14(13)16/h5,7,9-10,12,16H,6,8H2,1-4H3. The lowest BCUT2D eigenvalue weighted by atomic mass is 9.83. The minimum absolute atomic E-state index is 0.170. The van der Waals surface area contributed by atoms with Gasteiger partial charge in [-0.1, -0.05) is 31.5 Å². The molecule has 0 radical (unpaired) electrons. The number of methoxy groups -OCH3 is 1. The van der Waals surface area contributed by atoms with Crippen molar-refractivity contribution in [3.05, 3.63) is 29.3 Å². The molecule has 0 spiro atoms. The molecule has 3 heteroatoms. The fourth-order valence-electron chi connectivity index (χ4n) is 2.19. The molecule has 0 saturated heterocycles. The molecule has 18 heavy (non-hydrogen) atoms. The molecule has 1 atom stereocenters. The van der Waals surface area contributed by atoms with E-state index in [1.165, 1.54) is 7.11 Å². The van der Waals surface area contributed by atoms with Gasteiger partial charge in [0.15, 0.2) is 0 Å². The van der Waals surface area contributed by atoms with Gasteiger partial charge >= 0.3 is 5.97 Å². The average Bonchev–Trinajstić information content (AvgIpc) is 2.32. The molecule has 3 nitrogen and oxygen atoms in total. The summed E-state index contributed by atoms with van der Waals surface area (Å²) in [4.78, 5) is 11.2. The molecule has 1 rings (SSSR count). The number of benzene rings is 1. The van der Waals surface area contributed by atoms with Gasteiger partial charge in [-0.15, -0.1) is 0 Å². The molecule has 0 fully saturated rings. The molecular weight excluding hydrogens is 228 g/mol. The lowest BCUT2D eigenvalue weighted by Crippen LogP contribution is -2.11. The minimum Gasteiger partial charge on any atom is -0.508 e.